The first kappa shape index (κ1) is 16.2. The van der Waals surface area contributed by atoms with Gasteiger partial charge in [0.2, 0.25) is 10.0 Å². The van der Waals surface area contributed by atoms with Crippen LogP contribution < -0.4 is 10.5 Å². The van der Waals surface area contributed by atoms with Crippen LogP contribution in [0.2, 0.25) is 0 Å². The van der Waals surface area contributed by atoms with Crippen molar-refractivity contribution in [2.24, 2.45) is 5.73 Å². The van der Waals surface area contributed by atoms with Crippen LogP contribution in [0.1, 0.15) is 16.7 Å². The van der Waals surface area contributed by atoms with Gasteiger partial charge in [-0.1, -0.05) is 30.3 Å². The Kier molecular flexibility index (Phi) is 5.16. The highest BCUT2D eigenvalue weighted by Gasteiger charge is 2.18. The number of halogens is 1. The lowest BCUT2D eigenvalue weighted by Crippen LogP contribution is -2.24. The van der Waals surface area contributed by atoms with Gasteiger partial charge in [0.15, 0.2) is 0 Å². The monoisotopic (exact) mass is 368 g/mol. The standard InChI is InChI=1S/C15H17BrN2O2S/c1-11-4-2-3-5-13(11)10-18-21(19,20)15-8-12(9-17)6-7-14(15)16/h2-8,18H,9-10,17H2,1H3. The Balaban J connectivity index is 2.25. The van der Waals surface area contributed by atoms with Crippen LogP contribution in [0.15, 0.2) is 51.8 Å². The van der Waals surface area contributed by atoms with Gasteiger partial charge in [0.05, 0.1) is 4.90 Å². The summed E-state index contributed by atoms with van der Waals surface area (Å²) in [5.41, 5.74) is 8.34. The number of nitrogens with one attached hydrogen (secondary N) is 1. The van der Waals surface area contributed by atoms with Crippen LogP contribution in [0.25, 0.3) is 0 Å². The van der Waals surface area contributed by atoms with Gasteiger partial charge in [0.1, 0.15) is 0 Å². The molecule has 0 amide bonds. The summed E-state index contributed by atoms with van der Waals surface area (Å²) in [7, 11) is -3.59. The summed E-state index contributed by atoms with van der Waals surface area (Å²) < 4.78 is 28.0. The fourth-order valence-electron chi connectivity index (χ4n) is 1.94. The minimum absolute atomic E-state index is 0.207. The summed E-state index contributed by atoms with van der Waals surface area (Å²) in [5, 5.41) is 0. The zero-order chi connectivity index (χ0) is 15.5. The Bertz CT molecular complexity index is 745. The lowest BCUT2D eigenvalue weighted by molar-refractivity contribution is 0.580. The number of sulfonamides is 1. The molecule has 0 radical (unpaired) electrons. The van der Waals surface area contributed by atoms with Crippen LogP contribution in [0.4, 0.5) is 0 Å². The molecule has 0 aliphatic heterocycles. The van der Waals surface area contributed by atoms with Crippen LogP contribution in [-0.4, -0.2) is 8.42 Å². The van der Waals surface area contributed by atoms with Crippen molar-refractivity contribution in [2.75, 3.05) is 0 Å². The molecule has 3 N–H and O–H groups in total. The SMILES string of the molecule is Cc1ccccc1CNS(=O)(=O)c1cc(CN)ccc1Br. The second kappa shape index (κ2) is 6.70. The van der Waals surface area contributed by atoms with Gasteiger partial charge in [-0.2, -0.15) is 0 Å². The molecule has 0 saturated carbocycles. The number of nitrogens with two attached hydrogens (primary N) is 1. The number of rotatable bonds is 5. The van der Waals surface area contributed by atoms with Crippen LogP contribution >= 0.6 is 15.9 Å². The number of benzene rings is 2. The van der Waals surface area contributed by atoms with Crippen molar-refractivity contribution in [1.29, 1.82) is 0 Å². The zero-order valence-electron chi connectivity index (χ0n) is 11.6. The van der Waals surface area contributed by atoms with Crippen molar-refractivity contribution in [3.8, 4) is 0 Å². The molecule has 0 aromatic heterocycles. The lowest BCUT2D eigenvalue weighted by atomic mass is 10.1. The highest BCUT2D eigenvalue weighted by Crippen LogP contribution is 2.23. The number of hydrogen-bond donors (Lipinski definition) is 2. The molecule has 0 heterocycles. The Labute approximate surface area is 133 Å². The maximum Gasteiger partial charge on any atom is 0.242 e. The molecule has 0 bridgehead atoms. The number of aryl methyl sites for hydroxylation is 1. The summed E-state index contributed by atoms with van der Waals surface area (Å²) >= 11 is 3.28. The van der Waals surface area contributed by atoms with E-state index in [1.807, 2.05) is 31.2 Å². The van der Waals surface area contributed by atoms with Gasteiger partial charge >= 0.3 is 0 Å². The molecular weight excluding hydrogens is 352 g/mol. The van der Waals surface area contributed by atoms with Crippen LogP contribution in [0.5, 0.6) is 0 Å². The van der Waals surface area contributed by atoms with E-state index in [0.717, 1.165) is 16.7 Å². The molecule has 2 rings (SSSR count). The first-order chi connectivity index (χ1) is 9.94. The second-order valence-electron chi connectivity index (χ2n) is 4.72. The first-order valence-electron chi connectivity index (χ1n) is 6.46. The molecule has 0 aliphatic carbocycles. The van der Waals surface area contributed by atoms with Crippen molar-refractivity contribution in [3.05, 3.63) is 63.6 Å². The van der Waals surface area contributed by atoms with Crippen LogP contribution in [0, 0.1) is 6.92 Å². The maximum atomic E-state index is 12.4. The Morgan fingerprint density at radius 1 is 1.19 bits per heavy atom. The van der Waals surface area contributed by atoms with E-state index >= 15 is 0 Å². The minimum Gasteiger partial charge on any atom is -0.326 e. The average Bonchev–Trinajstić information content (AvgIpc) is 2.47. The third-order valence-electron chi connectivity index (χ3n) is 3.23. The van der Waals surface area contributed by atoms with Gasteiger partial charge in [-0.15, -0.1) is 0 Å². The molecule has 0 aliphatic rings. The second-order valence-corrected chi connectivity index (χ2v) is 7.31. The van der Waals surface area contributed by atoms with E-state index < -0.39 is 10.0 Å². The summed E-state index contributed by atoms with van der Waals surface area (Å²) in [6.45, 7) is 2.51. The first-order valence-corrected chi connectivity index (χ1v) is 8.74. The molecular formula is C15H17BrN2O2S. The molecule has 4 nitrogen and oxygen atoms in total. The van der Waals surface area contributed by atoms with E-state index in [9.17, 15) is 8.42 Å². The molecule has 0 saturated heterocycles. The summed E-state index contributed by atoms with van der Waals surface area (Å²) in [6.07, 6.45) is 0. The molecule has 0 spiro atoms. The average molecular weight is 369 g/mol. The quantitative estimate of drug-likeness (QED) is 0.851. The highest BCUT2D eigenvalue weighted by atomic mass is 79.9. The molecule has 0 fully saturated rings. The van der Waals surface area contributed by atoms with Gasteiger partial charge in [-0.25, -0.2) is 13.1 Å². The molecule has 0 atom stereocenters. The molecule has 112 valence electrons. The molecule has 21 heavy (non-hydrogen) atoms. The van der Waals surface area contributed by atoms with Gasteiger partial charge in [-0.3, -0.25) is 0 Å². The van der Waals surface area contributed by atoms with Crippen molar-refractivity contribution in [3.63, 3.8) is 0 Å². The Hall–Kier alpha value is -1.21. The van der Waals surface area contributed by atoms with Crippen molar-refractivity contribution < 1.29 is 8.42 Å². The Morgan fingerprint density at radius 2 is 1.90 bits per heavy atom. The van der Waals surface area contributed by atoms with Crippen LogP contribution in [0.3, 0.4) is 0 Å². The Morgan fingerprint density at radius 3 is 2.57 bits per heavy atom. The van der Waals surface area contributed by atoms with E-state index in [1.54, 1.807) is 18.2 Å². The normalized spacial score (nSPS) is 11.6. The third kappa shape index (κ3) is 3.91. The zero-order valence-corrected chi connectivity index (χ0v) is 14.0. The molecule has 6 heteroatoms. The van der Waals surface area contributed by atoms with E-state index in [2.05, 4.69) is 20.7 Å². The van der Waals surface area contributed by atoms with Crippen molar-refractivity contribution >= 4 is 26.0 Å². The molecule has 2 aromatic carbocycles. The maximum absolute atomic E-state index is 12.4. The van der Waals surface area contributed by atoms with Gasteiger partial charge in [-0.05, 0) is 51.7 Å². The van der Waals surface area contributed by atoms with Crippen LogP contribution in [-0.2, 0) is 23.1 Å². The molecule has 2 aromatic rings. The van der Waals surface area contributed by atoms with E-state index in [0.29, 0.717) is 11.0 Å². The van der Waals surface area contributed by atoms with Gasteiger partial charge in [0.25, 0.3) is 0 Å². The topological polar surface area (TPSA) is 72.2 Å². The van der Waals surface area contributed by atoms with E-state index in [4.69, 9.17) is 5.73 Å². The predicted octanol–water partition coefficient (Wildman–Crippen LogP) is 2.69. The fraction of sp³-hybridized carbons (Fsp3) is 0.200. The summed E-state index contributed by atoms with van der Waals surface area (Å²) in [6, 6.07) is 12.8. The van der Waals surface area contributed by atoms with Crippen molar-refractivity contribution in [1.82, 2.24) is 4.72 Å². The lowest BCUT2D eigenvalue weighted by Gasteiger charge is -2.11. The highest BCUT2D eigenvalue weighted by molar-refractivity contribution is 9.10. The minimum atomic E-state index is -3.59. The largest absolute Gasteiger partial charge is 0.326 e. The van der Waals surface area contributed by atoms with Crippen molar-refractivity contribution in [2.45, 2.75) is 24.9 Å². The number of hydrogen-bond acceptors (Lipinski definition) is 3. The summed E-state index contributed by atoms with van der Waals surface area (Å²) in [4.78, 5) is 0.207. The van der Waals surface area contributed by atoms with Gasteiger partial charge < -0.3 is 5.73 Å². The predicted molar refractivity (Wildman–Crippen MR) is 87.2 cm³/mol. The fourth-order valence-corrected chi connectivity index (χ4v) is 3.96. The van der Waals surface area contributed by atoms with E-state index in [1.165, 1.54) is 0 Å². The summed E-state index contributed by atoms with van der Waals surface area (Å²) in [5.74, 6) is 0. The molecule has 0 unspecified atom stereocenters. The van der Waals surface area contributed by atoms with E-state index in [-0.39, 0.29) is 11.4 Å². The van der Waals surface area contributed by atoms with Gasteiger partial charge in [0, 0.05) is 17.6 Å². The third-order valence-corrected chi connectivity index (χ3v) is 5.63. The smallest absolute Gasteiger partial charge is 0.242 e.